The first kappa shape index (κ1) is 15.7. The van der Waals surface area contributed by atoms with Gasteiger partial charge in [-0.1, -0.05) is 0 Å². The minimum absolute atomic E-state index is 0.657. The summed E-state index contributed by atoms with van der Waals surface area (Å²) in [5.74, 6) is 2.06. The molecule has 0 aromatic heterocycles. The summed E-state index contributed by atoms with van der Waals surface area (Å²) in [7, 11) is 0. The van der Waals surface area contributed by atoms with Gasteiger partial charge in [0.05, 0.1) is 0 Å². The molecule has 0 amide bonds. The van der Waals surface area contributed by atoms with E-state index in [1.165, 1.54) is 32.1 Å². The molecule has 0 heterocycles. The fraction of sp³-hybridized carbons (Fsp3) is 0.455. The van der Waals surface area contributed by atoms with Crippen molar-refractivity contribution in [1.82, 2.24) is 0 Å². The van der Waals surface area contributed by atoms with Gasteiger partial charge in [0.2, 0.25) is 0 Å². The van der Waals surface area contributed by atoms with Gasteiger partial charge in [0.1, 0.15) is 0 Å². The maximum atomic E-state index is 2.38. The Morgan fingerprint density at radius 1 is 0.625 bits per heavy atom. The van der Waals surface area contributed by atoms with Crippen molar-refractivity contribution >= 4 is 38.8 Å². The summed E-state index contributed by atoms with van der Waals surface area (Å²) in [6.45, 7) is 0. The van der Waals surface area contributed by atoms with Crippen LogP contribution in [0.1, 0.15) is 38.5 Å². The molecule has 0 unspecified atom stereocenters. The van der Waals surface area contributed by atoms with Crippen LogP contribution in [0.2, 0.25) is 8.63 Å². The molecule has 4 aliphatic rings. The van der Waals surface area contributed by atoms with Gasteiger partial charge in [0, 0.05) is 0 Å². The number of rotatable bonds is 4. The van der Waals surface area contributed by atoms with E-state index >= 15 is 0 Å². The Labute approximate surface area is 158 Å². The second kappa shape index (κ2) is 6.03. The van der Waals surface area contributed by atoms with Gasteiger partial charge in [-0.25, -0.2) is 0 Å². The Kier molecular flexibility index (Phi) is 3.95. The van der Waals surface area contributed by atoms with Crippen molar-refractivity contribution in [2.75, 3.05) is 0 Å². The Hall–Kier alpha value is -0.521. The quantitative estimate of drug-likeness (QED) is 0.624. The molecule has 0 aliphatic heterocycles. The van der Waals surface area contributed by atoms with E-state index in [1.807, 2.05) is 0 Å². The average Bonchev–Trinajstić information content (AvgIpc) is 2.54. The molecule has 4 saturated carbocycles. The molecule has 4 aliphatic carbocycles. The van der Waals surface area contributed by atoms with E-state index in [0.717, 1.165) is 11.8 Å². The zero-order valence-electron chi connectivity index (χ0n) is 14.0. The van der Waals surface area contributed by atoms with Gasteiger partial charge in [-0.2, -0.15) is 0 Å². The fourth-order valence-corrected chi connectivity index (χ4v) is 13.7. The van der Waals surface area contributed by atoms with Crippen molar-refractivity contribution in [2.45, 2.75) is 47.2 Å². The van der Waals surface area contributed by atoms with Gasteiger partial charge in [0.15, 0.2) is 0 Å². The molecule has 6 rings (SSSR count). The third-order valence-corrected chi connectivity index (χ3v) is 12.1. The molecular formula is C22H24Se2. The van der Waals surface area contributed by atoms with Crippen LogP contribution in [-0.2, 0) is 0 Å². The summed E-state index contributed by atoms with van der Waals surface area (Å²) in [6, 6.07) is 22.8. The summed E-state index contributed by atoms with van der Waals surface area (Å²) < 4.78 is 4.62. The van der Waals surface area contributed by atoms with E-state index in [4.69, 9.17) is 0 Å². The van der Waals surface area contributed by atoms with Crippen LogP contribution in [0.3, 0.4) is 0 Å². The molecule has 0 atom stereocenters. The minimum atomic E-state index is 0.657. The first-order chi connectivity index (χ1) is 11.7. The summed E-state index contributed by atoms with van der Waals surface area (Å²) in [5, 5.41) is 0. The van der Waals surface area contributed by atoms with Crippen LogP contribution >= 0.6 is 0 Å². The molecule has 2 aromatic rings. The van der Waals surface area contributed by atoms with Crippen molar-refractivity contribution < 1.29 is 0 Å². The van der Waals surface area contributed by atoms with Gasteiger partial charge in [0.25, 0.3) is 0 Å². The van der Waals surface area contributed by atoms with E-state index in [-0.39, 0.29) is 0 Å². The van der Waals surface area contributed by atoms with Crippen LogP contribution in [-0.4, -0.2) is 29.9 Å². The number of hydrogen-bond acceptors (Lipinski definition) is 0. The Morgan fingerprint density at radius 3 is 1.46 bits per heavy atom. The predicted molar refractivity (Wildman–Crippen MR) is 104 cm³/mol. The van der Waals surface area contributed by atoms with Gasteiger partial charge >= 0.3 is 158 Å². The zero-order chi connectivity index (χ0) is 16.0. The van der Waals surface area contributed by atoms with Crippen molar-refractivity contribution in [3.8, 4) is 0 Å². The zero-order valence-corrected chi connectivity index (χ0v) is 17.4. The molecule has 2 heteroatoms. The van der Waals surface area contributed by atoms with Gasteiger partial charge in [-0.05, 0) is 0 Å². The van der Waals surface area contributed by atoms with E-state index in [0.29, 0.717) is 38.5 Å². The Bertz CT molecular complexity index is 636. The van der Waals surface area contributed by atoms with E-state index in [9.17, 15) is 0 Å². The Morgan fingerprint density at radius 2 is 1.04 bits per heavy atom. The van der Waals surface area contributed by atoms with Crippen LogP contribution < -0.4 is 8.92 Å². The summed E-state index contributed by atoms with van der Waals surface area (Å²) in [5.41, 5.74) is 0. The average molecular weight is 446 g/mol. The van der Waals surface area contributed by atoms with Crippen molar-refractivity contribution in [1.29, 1.82) is 0 Å². The summed E-state index contributed by atoms with van der Waals surface area (Å²) in [4.78, 5) is 0. The molecular weight excluding hydrogens is 422 g/mol. The third-order valence-electron chi connectivity index (χ3n) is 6.11. The first-order valence-corrected chi connectivity index (χ1v) is 12.6. The summed E-state index contributed by atoms with van der Waals surface area (Å²) >= 11 is 1.31. The molecule has 4 bridgehead atoms. The van der Waals surface area contributed by atoms with Crippen molar-refractivity contribution in [3.05, 3.63) is 60.7 Å². The molecule has 0 N–H and O–H groups in total. The molecule has 24 heavy (non-hydrogen) atoms. The topological polar surface area (TPSA) is 0 Å². The maximum absolute atomic E-state index is 2.38. The Balaban J connectivity index is 1.44. The van der Waals surface area contributed by atoms with E-state index in [1.54, 1.807) is 15.3 Å². The second-order valence-corrected chi connectivity index (χ2v) is 14.6. The van der Waals surface area contributed by atoms with Crippen LogP contribution in [0.25, 0.3) is 0 Å². The second-order valence-electron chi connectivity index (χ2n) is 8.16. The SMILES string of the molecule is c1ccc([Se]C23CC4CC(C2)CC([Se]c2ccccc2)(C4)C3)cc1. The van der Waals surface area contributed by atoms with Crippen molar-refractivity contribution in [2.24, 2.45) is 11.8 Å². The molecule has 0 radical (unpaired) electrons. The summed E-state index contributed by atoms with van der Waals surface area (Å²) in [6.07, 6.45) is 9.20. The normalized spacial score (nSPS) is 36.8. The number of benzene rings is 2. The monoisotopic (exact) mass is 448 g/mol. The molecule has 0 spiro atoms. The van der Waals surface area contributed by atoms with Gasteiger partial charge in [-0.15, -0.1) is 0 Å². The van der Waals surface area contributed by atoms with Crippen molar-refractivity contribution in [3.63, 3.8) is 0 Å². The molecule has 4 fully saturated rings. The standard InChI is InChI=1S/C22H24Se2/c1-3-7-19(8-4-1)23-21-12-17-11-18(13-21)15-22(14-17,16-21)24-20-9-5-2-6-10-20/h1-10,17-18H,11-16H2. The first-order valence-electron chi connectivity index (χ1n) is 9.21. The van der Waals surface area contributed by atoms with Crippen LogP contribution in [0.5, 0.6) is 0 Å². The molecule has 0 nitrogen and oxygen atoms in total. The van der Waals surface area contributed by atoms with Crippen LogP contribution in [0, 0.1) is 11.8 Å². The van der Waals surface area contributed by atoms with E-state index in [2.05, 4.69) is 60.7 Å². The molecule has 2 aromatic carbocycles. The molecule has 124 valence electrons. The third kappa shape index (κ3) is 2.93. The predicted octanol–water partition coefficient (Wildman–Crippen LogP) is 3.98. The van der Waals surface area contributed by atoms with E-state index < -0.39 is 0 Å². The fourth-order valence-electron chi connectivity index (χ4n) is 5.81. The van der Waals surface area contributed by atoms with Crippen LogP contribution in [0.15, 0.2) is 60.7 Å². The number of hydrogen-bond donors (Lipinski definition) is 0. The van der Waals surface area contributed by atoms with Gasteiger partial charge in [-0.3, -0.25) is 0 Å². The van der Waals surface area contributed by atoms with Crippen LogP contribution in [0.4, 0.5) is 0 Å². The molecule has 0 saturated heterocycles. The van der Waals surface area contributed by atoms with Gasteiger partial charge < -0.3 is 0 Å².